The average molecular weight is 379 g/mol. The third kappa shape index (κ3) is 3.64. The van der Waals surface area contributed by atoms with Gasteiger partial charge < -0.3 is 15.2 Å². The maximum absolute atomic E-state index is 12.8. The highest BCUT2D eigenvalue weighted by Crippen LogP contribution is 2.27. The van der Waals surface area contributed by atoms with Crippen molar-refractivity contribution in [3.05, 3.63) is 60.4 Å². The summed E-state index contributed by atoms with van der Waals surface area (Å²) in [5.41, 5.74) is 6.48. The van der Waals surface area contributed by atoms with E-state index in [-0.39, 0.29) is 18.4 Å². The zero-order chi connectivity index (χ0) is 19.5. The molecule has 9 heteroatoms. The highest BCUT2D eigenvalue weighted by Gasteiger charge is 2.28. The number of hydrogen-bond acceptors (Lipinski definition) is 5. The average Bonchev–Trinajstić information content (AvgIpc) is 3.38. The molecule has 2 aromatic heterocycles. The van der Waals surface area contributed by atoms with Crippen LogP contribution < -0.4 is 5.73 Å². The first-order valence-electron chi connectivity index (χ1n) is 9.18. The molecular formula is C19H21N7O2. The lowest BCUT2D eigenvalue weighted by atomic mass is 9.95. The minimum absolute atomic E-state index is 0.122. The molecule has 0 saturated carbocycles. The van der Waals surface area contributed by atoms with Gasteiger partial charge in [-0.25, -0.2) is 9.67 Å². The number of aromatic nitrogens is 5. The molecule has 3 aromatic rings. The zero-order valence-corrected chi connectivity index (χ0v) is 15.3. The van der Waals surface area contributed by atoms with Gasteiger partial charge in [0, 0.05) is 31.4 Å². The molecule has 28 heavy (non-hydrogen) atoms. The van der Waals surface area contributed by atoms with Crippen LogP contribution in [0, 0.1) is 0 Å². The molecule has 3 heterocycles. The van der Waals surface area contributed by atoms with Gasteiger partial charge in [-0.3, -0.25) is 9.59 Å². The quantitative estimate of drug-likeness (QED) is 0.710. The third-order valence-electron chi connectivity index (χ3n) is 4.95. The molecule has 0 spiro atoms. The first-order chi connectivity index (χ1) is 13.6. The van der Waals surface area contributed by atoms with E-state index in [2.05, 4.69) is 15.3 Å². The molecule has 9 nitrogen and oxygen atoms in total. The van der Waals surface area contributed by atoms with E-state index in [1.807, 2.05) is 30.3 Å². The zero-order valence-electron chi connectivity index (χ0n) is 15.3. The molecule has 0 atom stereocenters. The van der Waals surface area contributed by atoms with Gasteiger partial charge in [0.05, 0.1) is 11.9 Å². The predicted octanol–water partition coefficient (Wildman–Crippen LogP) is 0.969. The Hall–Kier alpha value is -3.49. The minimum Gasteiger partial charge on any atom is -0.368 e. The van der Waals surface area contributed by atoms with Crippen LogP contribution in [0.3, 0.4) is 0 Å². The molecule has 0 unspecified atom stereocenters. The molecule has 1 aromatic carbocycles. The fourth-order valence-electron chi connectivity index (χ4n) is 3.55. The number of carbonyl (C=O) groups is 2. The predicted molar refractivity (Wildman–Crippen MR) is 101 cm³/mol. The number of likely N-dealkylation sites (tertiary alicyclic amines) is 1. The van der Waals surface area contributed by atoms with Crippen molar-refractivity contribution in [1.29, 1.82) is 0 Å². The summed E-state index contributed by atoms with van der Waals surface area (Å²) in [4.78, 5) is 30.2. The number of nitrogens with two attached hydrogens (primary N) is 1. The van der Waals surface area contributed by atoms with E-state index >= 15 is 0 Å². The van der Waals surface area contributed by atoms with Gasteiger partial charge in [0.15, 0.2) is 5.69 Å². The summed E-state index contributed by atoms with van der Waals surface area (Å²) in [5.74, 6) is 0.522. The van der Waals surface area contributed by atoms with Crippen molar-refractivity contribution >= 4 is 11.8 Å². The number of rotatable bonds is 5. The first-order valence-corrected chi connectivity index (χ1v) is 9.18. The van der Waals surface area contributed by atoms with Gasteiger partial charge in [-0.2, -0.15) is 0 Å². The highest BCUT2D eigenvalue weighted by molar-refractivity contribution is 5.92. The largest absolute Gasteiger partial charge is 0.368 e. The van der Waals surface area contributed by atoms with Crippen LogP contribution in [0.4, 0.5) is 0 Å². The van der Waals surface area contributed by atoms with Crippen molar-refractivity contribution in [1.82, 2.24) is 29.4 Å². The smallest absolute Gasteiger partial charge is 0.276 e. The minimum atomic E-state index is -0.395. The second kappa shape index (κ2) is 7.63. The first kappa shape index (κ1) is 17.9. The maximum atomic E-state index is 12.8. The van der Waals surface area contributed by atoms with Crippen LogP contribution in [-0.4, -0.2) is 54.3 Å². The molecule has 4 rings (SSSR count). The number of amides is 2. The molecule has 1 aliphatic heterocycles. The number of imidazole rings is 1. The molecule has 0 radical (unpaired) electrons. The van der Waals surface area contributed by atoms with Crippen molar-refractivity contribution in [2.75, 3.05) is 13.1 Å². The summed E-state index contributed by atoms with van der Waals surface area (Å²) < 4.78 is 3.39. The second-order valence-corrected chi connectivity index (χ2v) is 6.83. The van der Waals surface area contributed by atoms with E-state index in [0.29, 0.717) is 18.8 Å². The molecule has 1 saturated heterocycles. The Balaban J connectivity index is 1.40. The number of benzene rings is 1. The van der Waals surface area contributed by atoms with Crippen LogP contribution in [-0.2, 0) is 11.3 Å². The SMILES string of the molecule is NC(=O)Cn1ccnc1C1CCN(C(=O)c2cn(-c3ccccc3)nn2)CC1. The fraction of sp³-hybridized carbons (Fsp3) is 0.316. The van der Waals surface area contributed by atoms with Crippen molar-refractivity contribution in [3.8, 4) is 5.69 Å². The van der Waals surface area contributed by atoms with Crippen LogP contribution in [0.2, 0.25) is 0 Å². The van der Waals surface area contributed by atoms with Gasteiger partial charge in [0.2, 0.25) is 5.91 Å². The van der Waals surface area contributed by atoms with Crippen molar-refractivity contribution < 1.29 is 9.59 Å². The van der Waals surface area contributed by atoms with Crippen molar-refractivity contribution in [3.63, 3.8) is 0 Å². The Morgan fingerprint density at radius 3 is 2.61 bits per heavy atom. The molecule has 1 fully saturated rings. The van der Waals surface area contributed by atoms with E-state index in [1.165, 1.54) is 0 Å². The number of primary amides is 1. The van der Waals surface area contributed by atoms with Gasteiger partial charge in [-0.1, -0.05) is 23.4 Å². The Morgan fingerprint density at radius 1 is 1.14 bits per heavy atom. The van der Waals surface area contributed by atoms with Crippen LogP contribution in [0.1, 0.15) is 35.1 Å². The van der Waals surface area contributed by atoms with Crippen LogP contribution >= 0.6 is 0 Å². The molecule has 2 amide bonds. The summed E-state index contributed by atoms with van der Waals surface area (Å²) in [6.45, 7) is 1.33. The third-order valence-corrected chi connectivity index (χ3v) is 4.95. The monoisotopic (exact) mass is 379 g/mol. The van der Waals surface area contributed by atoms with E-state index in [9.17, 15) is 9.59 Å². The summed E-state index contributed by atoms with van der Waals surface area (Å²) in [6.07, 6.45) is 6.64. The summed E-state index contributed by atoms with van der Waals surface area (Å²) in [6, 6.07) is 9.55. The lowest BCUT2D eigenvalue weighted by molar-refractivity contribution is -0.118. The number of nitrogens with zero attached hydrogens (tertiary/aromatic N) is 6. The molecule has 0 aliphatic carbocycles. The van der Waals surface area contributed by atoms with Gasteiger partial charge in [-0.05, 0) is 25.0 Å². The standard InChI is InChI=1S/C19H21N7O2/c20-17(27)13-25-11-8-21-18(25)14-6-9-24(10-7-14)19(28)16-12-26(23-22-16)15-4-2-1-3-5-15/h1-5,8,11-12,14H,6-7,9-10,13H2,(H2,20,27). The fourth-order valence-corrected chi connectivity index (χ4v) is 3.55. The molecular weight excluding hydrogens is 358 g/mol. The lowest BCUT2D eigenvalue weighted by Crippen LogP contribution is -2.38. The van der Waals surface area contributed by atoms with Crippen LogP contribution in [0.25, 0.3) is 5.69 Å². The molecule has 144 valence electrons. The van der Waals surface area contributed by atoms with Crippen LogP contribution in [0.5, 0.6) is 0 Å². The number of piperidine rings is 1. The van der Waals surface area contributed by atoms with Gasteiger partial charge in [0.1, 0.15) is 12.4 Å². The number of hydrogen-bond donors (Lipinski definition) is 1. The van der Waals surface area contributed by atoms with Gasteiger partial charge >= 0.3 is 0 Å². The molecule has 2 N–H and O–H groups in total. The van der Waals surface area contributed by atoms with Gasteiger partial charge in [0.25, 0.3) is 5.91 Å². The maximum Gasteiger partial charge on any atom is 0.276 e. The molecule has 0 bridgehead atoms. The summed E-state index contributed by atoms with van der Waals surface area (Å²) >= 11 is 0. The summed E-state index contributed by atoms with van der Waals surface area (Å²) in [7, 11) is 0. The second-order valence-electron chi connectivity index (χ2n) is 6.83. The van der Waals surface area contributed by atoms with Crippen molar-refractivity contribution in [2.45, 2.75) is 25.3 Å². The van der Waals surface area contributed by atoms with E-state index < -0.39 is 5.91 Å². The molecule has 1 aliphatic rings. The normalized spacial score (nSPS) is 14.9. The van der Waals surface area contributed by atoms with E-state index in [4.69, 9.17) is 5.73 Å². The number of para-hydroxylation sites is 1. The Bertz CT molecular complexity index is 971. The lowest BCUT2D eigenvalue weighted by Gasteiger charge is -2.31. The Labute approximate surface area is 161 Å². The van der Waals surface area contributed by atoms with E-state index in [1.54, 1.807) is 32.7 Å². The Kier molecular flexibility index (Phi) is 4.88. The van der Waals surface area contributed by atoms with E-state index in [0.717, 1.165) is 24.4 Å². The van der Waals surface area contributed by atoms with Crippen molar-refractivity contribution in [2.24, 2.45) is 5.73 Å². The summed E-state index contributed by atoms with van der Waals surface area (Å²) in [5, 5.41) is 8.10. The van der Waals surface area contributed by atoms with Gasteiger partial charge in [-0.15, -0.1) is 5.10 Å². The number of carbonyl (C=O) groups excluding carboxylic acids is 2. The highest BCUT2D eigenvalue weighted by atomic mass is 16.2. The Morgan fingerprint density at radius 2 is 1.89 bits per heavy atom. The topological polar surface area (TPSA) is 112 Å². The van der Waals surface area contributed by atoms with Crippen LogP contribution in [0.15, 0.2) is 48.9 Å².